The predicted octanol–water partition coefficient (Wildman–Crippen LogP) is 5.17. The molecule has 0 fully saturated rings. The molecule has 1 aromatic carbocycles. The number of hydrogen-bond acceptors (Lipinski definition) is 0. The van der Waals surface area contributed by atoms with Crippen LogP contribution < -0.4 is 0 Å². The molecule has 0 spiro atoms. The first kappa shape index (κ1) is 12.5. The van der Waals surface area contributed by atoms with E-state index in [4.69, 9.17) is 0 Å². The molecule has 0 radical (unpaired) electrons. The van der Waals surface area contributed by atoms with Crippen molar-refractivity contribution in [1.82, 2.24) is 0 Å². The van der Waals surface area contributed by atoms with Gasteiger partial charge in [-0.25, -0.2) is 0 Å². The number of unbranched alkanes of at least 4 members (excludes halogenated alkanes) is 2. The van der Waals surface area contributed by atoms with Gasteiger partial charge in [-0.1, -0.05) is 74.4 Å². The maximum absolute atomic E-state index is 2.49. The van der Waals surface area contributed by atoms with E-state index in [1.54, 1.807) is 5.57 Å². The number of hydrogen-bond donors (Lipinski definition) is 0. The van der Waals surface area contributed by atoms with Crippen LogP contribution >= 0.6 is 0 Å². The van der Waals surface area contributed by atoms with Crippen LogP contribution in [0.15, 0.2) is 54.6 Å². The Morgan fingerprint density at radius 1 is 1.16 bits per heavy atom. The van der Waals surface area contributed by atoms with Gasteiger partial charge in [0.2, 0.25) is 0 Å². The molecule has 0 N–H and O–H groups in total. The summed E-state index contributed by atoms with van der Waals surface area (Å²) >= 11 is 0. The topological polar surface area (TPSA) is 0 Å². The molecule has 0 saturated carbocycles. The first-order chi connectivity index (χ1) is 9.40. The summed E-state index contributed by atoms with van der Waals surface area (Å²) in [5.74, 6) is 1.25. The minimum absolute atomic E-state index is 0.594. The SMILES string of the molecule is CCCC/C=C1/c2ccccc2CC2C=CC=CC12. The Morgan fingerprint density at radius 3 is 2.89 bits per heavy atom. The summed E-state index contributed by atoms with van der Waals surface area (Å²) < 4.78 is 0. The molecular formula is C19H22. The van der Waals surface area contributed by atoms with Crippen molar-refractivity contribution >= 4 is 5.57 Å². The van der Waals surface area contributed by atoms with Crippen molar-refractivity contribution in [2.24, 2.45) is 11.8 Å². The lowest BCUT2D eigenvalue weighted by atomic mass is 9.70. The third-order valence-electron chi connectivity index (χ3n) is 4.31. The number of allylic oxidation sites excluding steroid dienone is 6. The monoisotopic (exact) mass is 250 g/mol. The van der Waals surface area contributed by atoms with Gasteiger partial charge in [0.05, 0.1) is 0 Å². The van der Waals surface area contributed by atoms with E-state index in [0.717, 1.165) is 0 Å². The molecule has 1 aromatic rings. The minimum Gasteiger partial charge on any atom is -0.0802 e. The zero-order valence-electron chi connectivity index (χ0n) is 11.7. The van der Waals surface area contributed by atoms with Gasteiger partial charge in [-0.05, 0) is 35.5 Å². The van der Waals surface area contributed by atoms with Gasteiger partial charge >= 0.3 is 0 Å². The summed E-state index contributed by atoms with van der Waals surface area (Å²) in [4.78, 5) is 0. The van der Waals surface area contributed by atoms with Gasteiger partial charge in [-0.3, -0.25) is 0 Å². The number of rotatable bonds is 3. The second-order valence-electron chi connectivity index (χ2n) is 5.62. The Kier molecular flexibility index (Phi) is 3.68. The van der Waals surface area contributed by atoms with E-state index in [0.29, 0.717) is 11.8 Å². The molecule has 98 valence electrons. The maximum atomic E-state index is 2.49. The van der Waals surface area contributed by atoms with Gasteiger partial charge in [0, 0.05) is 5.92 Å². The molecule has 2 unspecified atom stereocenters. The van der Waals surface area contributed by atoms with E-state index in [-0.39, 0.29) is 0 Å². The lowest BCUT2D eigenvalue weighted by molar-refractivity contribution is 0.541. The van der Waals surface area contributed by atoms with Crippen molar-refractivity contribution in [3.8, 4) is 0 Å². The Bertz CT molecular complexity index is 531. The molecule has 0 nitrogen and oxygen atoms in total. The predicted molar refractivity (Wildman–Crippen MR) is 82.9 cm³/mol. The van der Waals surface area contributed by atoms with Gasteiger partial charge in [0.15, 0.2) is 0 Å². The lowest BCUT2D eigenvalue weighted by Gasteiger charge is -2.33. The van der Waals surface area contributed by atoms with Gasteiger partial charge in [-0.15, -0.1) is 0 Å². The smallest absolute Gasteiger partial charge is 0.00900 e. The van der Waals surface area contributed by atoms with Crippen LogP contribution in [0.5, 0.6) is 0 Å². The van der Waals surface area contributed by atoms with E-state index in [1.165, 1.54) is 36.8 Å². The quantitative estimate of drug-likeness (QED) is 0.649. The summed E-state index contributed by atoms with van der Waals surface area (Å²) in [6, 6.07) is 8.95. The van der Waals surface area contributed by atoms with Crippen LogP contribution in [0, 0.1) is 11.8 Å². The first-order valence-electron chi connectivity index (χ1n) is 7.53. The highest BCUT2D eigenvalue weighted by Crippen LogP contribution is 2.42. The third kappa shape index (κ3) is 2.45. The van der Waals surface area contributed by atoms with Gasteiger partial charge in [-0.2, -0.15) is 0 Å². The van der Waals surface area contributed by atoms with E-state index in [9.17, 15) is 0 Å². The molecule has 3 rings (SSSR count). The minimum atomic E-state index is 0.594. The van der Waals surface area contributed by atoms with E-state index >= 15 is 0 Å². The van der Waals surface area contributed by atoms with Crippen LogP contribution in [0.1, 0.15) is 37.3 Å². The Morgan fingerprint density at radius 2 is 2.00 bits per heavy atom. The zero-order valence-corrected chi connectivity index (χ0v) is 11.7. The normalized spacial score (nSPS) is 26.3. The summed E-state index contributed by atoms with van der Waals surface area (Å²) in [6.07, 6.45) is 16.6. The molecule has 2 aliphatic rings. The van der Waals surface area contributed by atoms with Crippen LogP contribution in [0.3, 0.4) is 0 Å². The van der Waals surface area contributed by atoms with Crippen molar-refractivity contribution < 1.29 is 0 Å². The van der Waals surface area contributed by atoms with Gasteiger partial charge < -0.3 is 0 Å². The molecule has 0 saturated heterocycles. The van der Waals surface area contributed by atoms with Gasteiger partial charge in [0.1, 0.15) is 0 Å². The molecule has 0 heteroatoms. The molecule has 0 amide bonds. The first-order valence-corrected chi connectivity index (χ1v) is 7.53. The molecule has 2 atom stereocenters. The molecule has 2 aliphatic carbocycles. The lowest BCUT2D eigenvalue weighted by Crippen LogP contribution is -2.23. The van der Waals surface area contributed by atoms with Crippen LogP contribution in [0.2, 0.25) is 0 Å². The summed E-state index contributed by atoms with van der Waals surface area (Å²) in [5, 5.41) is 0. The molecular weight excluding hydrogens is 228 g/mol. The van der Waals surface area contributed by atoms with Crippen LogP contribution in [0.4, 0.5) is 0 Å². The fraction of sp³-hybridized carbons (Fsp3) is 0.368. The summed E-state index contributed by atoms with van der Waals surface area (Å²) in [7, 11) is 0. The standard InChI is InChI=1S/C19H22/c1-2-3-4-13-19-17-11-7-5-9-15(17)14-16-10-6-8-12-18(16)19/h5-13,15,17H,2-4,14H2,1H3/b19-13+. The second-order valence-corrected chi connectivity index (χ2v) is 5.62. The van der Waals surface area contributed by atoms with Crippen LogP contribution in [-0.2, 0) is 6.42 Å². The highest BCUT2D eigenvalue weighted by atomic mass is 14.3. The van der Waals surface area contributed by atoms with E-state index in [2.05, 4.69) is 61.6 Å². The third-order valence-corrected chi connectivity index (χ3v) is 4.31. The average molecular weight is 250 g/mol. The number of benzene rings is 1. The van der Waals surface area contributed by atoms with E-state index in [1.807, 2.05) is 0 Å². The molecule has 0 aliphatic heterocycles. The average Bonchev–Trinajstić information content (AvgIpc) is 2.46. The molecule has 19 heavy (non-hydrogen) atoms. The van der Waals surface area contributed by atoms with Crippen molar-refractivity contribution in [3.05, 3.63) is 65.8 Å². The van der Waals surface area contributed by atoms with E-state index < -0.39 is 0 Å². The fourth-order valence-electron chi connectivity index (χ4n) is 3.30. The Hall–Kier alpha value is -1.56. The van der Waals surface area contributed by atoms with Crippen molar-refractivity contribution in [3.63, 3.8) is 0 Å². The highest BCUT2D eigenvalue weighted by molar-refractivity contribution is 5.74. The second kappa shape index (κ2) is 5.61. The molecule has 0 bridgehead atoms. The maximum Gasteiger partial charge on any atom is 0.00900 e. The summed E-state index contributed by atoms with van der Waals surface area (Å²) in [6.45, 7) is 2.26. The van der Waals surface area contributed by atoms with Crippen molar-refractivity contribution in [2.75, 3.05) is 0 Å². The van der Waals surface area contributed by atoms with Crippen LogP contribution in [-0.4, -0.2) is 0 Å². The van der Waals surface area contributed by atoms with Crippen molar-refractivity contribution in [1.29, 1.82) is 0 Å². The highest BCUT2D eigenvalue weighted by Gasteiger charge is 2.29. The zero-order chi connectivity index (χ0) is 13.1. The molecule has 0 aromatic heterocycles. The Balaban J connectivity index is 1.99. The Labute approximate surface area is 116 Å². The van der Waals surface area contributed by atoms with Crippen molar-refractivity contribution in [2.45, 2.75) is 32.6 Å². The van der Waals surface area contributed by atoms with Gasteiger partial charge in [0.25, 0.3) is 0 Å². The summed E-state index contributed by atoms with van der Waals surface area (Å²) in [5.41, 5.74) is 4.56. The number of fused-ring (bicyclic) bond motifs is 2. The van der Waals surface area contributed by atoms with Crippen LogP contribution in [0.25, 0.3) is 5.57 Å². The fourth-order valence-corrected chi connectivity index (χ4v) is 3.30. The largest absolute Gasteiger partial charge is 0.0802 e. The molecule has 0 heterocycles.